The SMILES string of the molecule is N#Cc1ccc(S(=O)(=O)Cl)c(S)c1OC(F)F. The van der Waals surface area contributed by atoms with Crippen LogP contribution < -0.4 is 4.74 Å². The second kappa shape index (κ2) is 5.08. The van der Waals surface area contributed by atoms with Crippen LogP contribution in [0.4, 0.5) is 8.78 Å². The van der Waals surface area contributed by atoms with Gasteiger partial charge in [0.1, 0.15) is 6.07 Å². The van der Waals surface area contributed by atoms with Gasteiger partial charge >= 0.3 is 6.61 Å². The molecule has 0 aromatic heterocycles. The van der Waals surface area contributed by atoms with Crippen LogP contribution in [0.1, 0.15) is 5.56 Å². The number of alkyl halides is 2. The first kappa shape index (κ1) is 14.0. The second-order valence-corrected chi connectivity index (χ2v) is 5.70. The Morgan fingerprint density at radius 3 is 2.47 bits per heavy atom. The first-order valence-corrected chi connectivity index (χ1v) is 6.68. The maximum atomic E-state index is 12.1. The fraction of sp³-hybridized carbons (Fsp3) is 0.125. The number of nitriles is 1. The van der Waals surface area contributed by atoms with E-state index in [2.05, 4.69) is 17.4 Å². The quantitative estimate of drug-likeness (QED) is 0.687. The average Bonchev–Trinajstić information content (AvgIpc) is 2.18. The fourth-order valence-electron chi connectivity index (χ4n) is 1.05. The smallest absolute Gasteiger partial charge is 0.387 e. The minimum absolute atomic E-state index is 0.264. The third-order valence-electron chi connectivity index (χ3n) is 1.68. The van der Waals surface area contributed by atoms with E-state index in [0.29, 0.717) is 0 Å². The first-order valence-electron chi connectivity index (χ1n) is 3.93. The molecule has 0 saturated carbocycles. The Morgan fingerprint density at radius 1 is 1.47 bits per heavy atom. The van der Waals surface area contributed by atoms with Gasteiger partial charge in [0.05, 0.1) is 15.4 Å². The summed E-state index contributed by atoms with van der Waals surface area (Å²) in [5.41, 5.74) is -0.264. The zero-order valence-electron chi connectivity index (χ0n) is 7.89. The largest absolute Gasteiger partial charge is 0.432 e. The van der Waals surface area contributed by atoms with Crippen molar-refractivity contribution in [3.05, 3.63) is 17.7 Å². The molecule has 0 unspecified atom stereocenters. The molecule has 92 valence electrons. The van der Waals surface area contributed by atoms with E-state index in [1.807, 2.05) is 0 Å². The Labute approximate surface area is 106 Å². The Bertz CT molecular complexity index is 583. The van der Waals surface area contributed by atoms with E-state index >= 15 is 0 Å². The van der Waals surface area contributed by atoms with E-state index in [-0.39, 0.29) is 5.56 Å². The topological polar surface area (TPSA) is 67.2 Å². The molecule has 0 saturated heterocycles. The third kappa shape index (κ3) is 3.21. The van der Waals surface area contributed by atoms with Crippen molar-refractivity contribution in [1.82, 2.24) is 0 Å². The molecule has 17 heavy (non-hydrogen) atoms. The zero-order chi connectivity index (χ0) is 13.2. The molecule has 9 heteroatoms. The van der Waals surface area contributed by atoms with Crippen molar-refractivity contribution in [1.29, 1.82) is 5.26 Å². The number of halogens is 3. The monoisotopic (exact) mass is 299 g/mol. The van der Waals surface area contributed by atoms with Crippen LogP contribution in [-0.2, 0) is 9.05 Å². The summed E-state index contributed by atoms with van der Waals surface area (Å²) >= 11 is 3.73. The van der Waals surface area contributed by atoms with E-state index in [1.54, 1.807) is 6.07 Å². The predicted octanol–water partition coefficient (Wildman–Crippen LogP) is 2.38. The first-order chi connectivity index (χ1) is 7.77. The predicted molar refractivity (Wildman–Crippen MR) is 58.1 cm³/mol. The molecule has 0 N–H and O–H groups in total. The highest BCUT2D eigenvalue weighted by Crippen LogP contribution is 2.35. The molecule has 0 amide bonds. The van der Waals surface area contributed by atoms with Gasteiger partial charge in [0.15, 0.2) is 5.75 Å². The highest BCUT2D eigenvalue weighted by molar-refractivity contribution is 8.14. The van der Waals surface area contributed by atoms with Gasteiger partial charge < -0.3 is 4.74 Å². The summed E-state index contributed by atoms with van der Waals surface area (Å²) in [6, 6.07) is 3.57. The van der Waals surface area contributed by atoms with Crippen molar-refractivity contribution in [2.75, 3.05) is 0 Å². The Kier molecular flexibility index (Phi) is 4.19. The van der Waals surface area contributed by atoms with Crippen LogP contribution in [0.2, 0.25) is 0 Å². The maximum Gasteiger partial charge on any atom is 0.387 e. The van der Waals surface area contributed by atoms with Gasteiger partial charge in [-0.15, -0.1) is 12.6 Å². The maximum absolute atomic E-state index is 12.1. The number of hydrogen-bond acceptors (Lipinski definition) is 5. The minimum Gasteiger partial charge on any atom is -0.432 e. The van der Waals surface area contributed by atoms with Gasteiger partial charge in [-0.05, 0) is 12.1 Å². The fourth-order valence-corrected chi connectivity index (χ4v) is 2.76. The number of thiol groups is 1. The molecule has 0 radical (unpaired) electrons. The van der Waals surface area contributed by atoms with Crippen LogP contribution >= 0.6 is 23.3 Å². The van der Waals surface area contributed by atoms with Crippen LogP contribution in [0.25, 0.3) is 0 Å². The molecule has 0 fully saturated rings. The third-order valence-corrected chi connectivity index (χ3v) is 3.64. The van der Waals surface area contributed by atoms with Crippen molar-refractivity contribution in [2.24, 2.45) is 0 Å². The molecule has 0 aliphatic rings. The van der Waals surface area contributed by atoms with Crippen molar-refractivity contribution in [3.8, 4) is 11.8 Å². The van der Waals surface area contributed by atoms with Crippen LogP contribution in [-0.4, -0.2) is 15.0 Å². The number of hydrogen-bond donors (Lipinski definition) is 1. The Balaban J connectivity index is 3.50. The van der Waals surface area contributed by atoms with Crippen molar-refractivity contribution >= 4 is 32.4 Å². The lowest BCUT2D eigenvalue weighted by Crippen LogP contribution is -2.06. The molecule has 1 aromatic carbocycles. The summed E-state index contributed by atoms with van der Waals surface area (Å²) < 4.78 is 50.4. The van der Waals surface area contributed by atoms with E-state index in [1.165, 1.54) is 0 Å². The van der Waals surface area contributed by atoms with Gasteiger partial charge in [0.2, 0.25) is 0 Å². The summed E-state index contributed by atoms with van der Waals surface area (Å²) in [5, 5.41) is 8.66. The number of benzene rings is 1. The number of ether oxygens (including phenoxy) is 1. The minimum atomic E-state index is -4.16. The lowest BCUT2D eigenvalue weighted by atomic mass is 10.2. The molecule has 0 aliphatic heterocycles. The van der Waals surface area contributed by atoms with E-state index in [0.717, 1.165) is 12.1 Å². The standard InChI is InChI=1S/C8H4ClF2NO3S2/c9-17(13,14)5-2-1-4(3-12)6(7(5)16)15-8(10)11/h1-2,8,16H. The Morgan fingerprint density at radius 2 is 2.06 bits per heavy atom. The van der Waals surface area contributed by atoms with Gasteiger partial charge in [-0.25, -0.2) is 8.42 Å². The van der Waals surface area contributed by atoms with Crippen LogP contribution in [0.5, 0.6) is 5.75 Å². The van der Waals surface area contributed by atoms with Gasteiger partial charge in [-0.1, -0.05) is 0 Å². The molecule has 4 nitrogen and oxygen atoms in total. The molecule has 1 rings (SSSR count). The highest BCUT2D eigenvalue weighted by atomic mass is 35.7. The van der Waals surface area contributed by atoms with Gasteiger partial charge in [0, 0.05) is 10.7 Å². The molecule has 0 spiro atoms. The summed E-state index contributed by atoms with van der Waals surface area (Å²) in [6.07, 6.45) is 0. The van der Waals surface area contributed by atoms with E-state index in [9.17, 15) is 17.2 Å². The van der Waals surface area contributed by atoms with Gasteiger partial charge in [-0.3, -0.25) is 0 Å². The van der Waals surface area contributed by atoms with Crippen LogP contribution in [0, 0.1) is 11.3 Å². The summed E-state index contributed by atoms with van der Waals surface area (Å²) in [5.74, 6) is -0.618. The molecule has 0 heterocycles. The summed E-state index contributed by atoms with van der Waals surface area (Å²) in [4.78, 5) is -0.934. The van der Waals surface area contributed by atoms with Crippen molar-refractivity contribution in [3.63, 3.8) is 0 Å². The van der Waals surface area contributed by atoms with Crippen LogP contribution in [0.3, 0.4) is 0 Å². The normalized spacial score (nSPS) is 11.3. The number of nitrogens with zero attached hydrogens (tertiary/aromatic N) is 1. The zero-order valence-corrected chi connectivity index (χ0v) is 10.4. The highest BCUT2D eigenvalue weighted by Gasteiger charge is 2.22. The van der Waals surface area contributed by atoms with Crippen molar-refractivity contribution in [2.45, 2.75) is 16.4 Å². The van der Waals surface area contributed by atoms with Crippen LogP contribution in [0.15, 0.2) is 21.9 Å². The molecule has 0 aliphatic carbocycles. The molecule has 0 bridgehead atoms. The second-order valence-electron chi connectivity index (χ2n) is 2.72. The van der Waals surface area contributed by atoms with Gasteiger partial charge in [0.25, 0.3) is 9.05 Å². The lowest BCUT2D eigenvalue weighted by Gasteiger charge is -2.11. The van der Waals surface area contributed by atoms with E-state index in [4.69, 9.17) is 15.9 Å². The summed E-state index contributed by atoms with van der Waals surface area (Å²) in [7, 11) is 0.910. The van der Waals surface area contributed by atoms with Gasteiger partial charge in [-0.2, -0.15) is 14.0 Å². The average molecular weight is 300 g/mol. The molecule has 1 aromatic rings. The number of rotatable bonds is 3. The summed E-state index contributed by atoms with van der Waals surface area (Å²) in [6.45, 7) is -3.21. The lowest BCUT2D eigenvalue weighted by molar-refractivity contribution is -0.0521. The van der Waals surface area contributed by atoms with Crippen molar-refractivity contribution < 1.29 is 21.9 Å². The Hall–Kier alpha value is -1.04. The molecular weight excluding hydrogens is 296 g/mol. The van der Waals surface area contributed by atoms with E-state index < -0.39 is 31.2 Å². The molecular formula is C8H4ClF2NO3S2. The molecule has 0 atom stereocenters.